The number of carbonyl (C=O) groups excluding carboxylic acids is 2. The fourth-order valence-electron chi connectivity index (χ4n) is 2.37. The predicted molar refractivity (Wildman–Crippen MR) is 92.3 cm³/mol. The standard InChI is InChI=1S/C19H22N2O3/c1-14-7-5-6-10-16(14)17(22)12-20-19(24)13-21-18(23)11-15-8-3-2-4-9-15/h2-10,17,22H,11-13H2,1H3,(H,20,24)(H,21,23). The van der Waals surface area contributed by atoms with Gasteiger partial charge < -0.3 is 15.7 Å². The molecule has 0 saturated carbocycles. The molecule has 5 nitrogen and oxygen atoms in total. The number of hydrogen-bond donors (Lipinski definition) is 3. The first-order chi connectivity index (χ1) is 11.6. The van der Waals surface area contributed by atoms with Crippen LogP contribution in [0.1, 0.15) is 22.8 Å². The van der Waals surface area contributed by atoms with Gasteiger partial charge in [-0.25, -0.2) is 0 Å². The Labute approximate surface area is 141 Å². The number of rotatable bonds is 7. The second kappa shape index (κ2) is 8.84. The lowest BCUT2D eigenvalue weighted by Gasteiger charge is -2.14. The van der Waals surface area contributed by atoms with E-state index in [1.807, 2.05) is 61.5 Å². The molecule has 0 aliphatic heterocycles. The van der Waals surface area contributed by atoms with E-state index in [-0.39, 0.29) is 31.3 Å². The van der Waals surface area contributed by atoms with Gasteiger partial charge in [0.25, 0.3) is 0 Å². The van der Waals surface area contributed by atoms with Crippen LogP contribution in [0.2, 0.25) is 0 Å². The molecule has 1 unspecified atom stereocenters. The zero-order chi connectivity index (χ0) is 17.4. The van der Waals surface area contributed by atoms with E-state index in [1.165, 1.54) is 0 Å². The van der Waals surface area contributed by atoms with Crippen LogP contribution in [0.5, 0.6) is 0 Å². The second-order valence-electron chi connectivity index (χ2n) is 5.62. The van der Waals surface area contributed by atoms with Crippen molar-refractivity contribution in [1.82, 2.24) is 10.6 Å². The maximum Gasteiger partial charge on any atom is 0.239 e. The first-order valence-electron chi connectivity index (χ1n) is 7.87. The molecule has 2 aromatic rings. The van der Waals surface area contributed by atoms with Crippen LogP contribution in [0.4, 0.5) is 0 Å². The van der Waals surface area contributed by atoms with Crippen molar-refractivity contribution in [1.29, 1.82) is 0 Å². The highest BCUT2D eigenvalue weighted by Crippen LogP contribution is 2.15. The van der Waals surface area contributed by atoms with Gasteiger partial charge in [0.15, 0.2) is 0 Å². The first kappa shape index (κ1) is 17.7. The van der Waals surface area contributed by atoms with Gasteiger partial charge in [-0.2, -0.15) is 0 Å². The molecule has 0 fully saturated rings. The van der Waals surface area contributed by atoms with E-state index in [0.29, 0.717) is 0 Å². The van der Waals surface area contributed by atoms with Crippen molar-refractivity contribution < 1.29 is 14.7 Å². The molecule has 0 bridgehead atoms. The number of aliphatic hydroxyl groups excluding tert-OH is 1. The molecule has 5 heteroatoms. The molecule has 0 aliphatic rings. The fraction of sp³-hybridized carbons (Fsp3) is 0.263. The first-order valence-corrected chi connectivity index (χ1v) is 7.87. The number of aryl methyl sites for hydroxylation is 1. The van der Waals surface area contributed by atoms with Crippen LogP contribution in [0.15, 0.2) is 54.6 Å². The summed E-state index contributed by atoms with van der Waals surface area (Å²) in [4.78, 5) is 23.6. The fourth-order valence-corrected chi connectivity index (χ4v) is 2.37. The summed E-state index contributed by atoms with van der Waals surface area (Å²) in [7, 11) is 0. The van der Waals surface area contributed by atoms with Gasteiger partial charge in [-0.3, -0.25) is 9.59 Å². The van der Waals surface area contributed by atoms with E-state index in [9.17, 15) is 14.7 Å². The lowest BCUT2D eigenvalue weighted by atomic mass is 10.0. The number of carbonyl (C=O) groups is 2. The third kappa shape index (κ3) is 5.52. The average Bonchev–Trinajstić information content (AvgIpc) is 2.59. The molecule has 0 radical (unpaired) electrons. The van der Waals surface area contributed by atoms with Crippen LogP contribution in [-0.2, 0) is 16.0 Å². The lowest BCUT2D eigenvalue weighted by Crippen LogP contribution is -2.39. The Bertz CT molecular complexity index is 686. The van der Waals surface area contributed by atoms with Crippen LogP contribution in [0.3, 0.4) is 0 Å². The summed E-state index contributed by atoms with van der Waals surface area (Å²) in [5, 5.41) is 15.3. The summed E-state index contributed by atoms with van der Waals surface area (Å²) in [6, 6.07) is 16.8. The Morgan fingerprint density at radius 2 is 1.62 bits per heavy atom. The molecule has 0 spiro atoms. The number of amides is 2. The smallest absolute Gasteiger partial charge is 0.239 e. The van der Waals surface area contributed by atoms with Crippen molar-refractivity contribution in [2.24, 2.45) is 0 Å². The van der Waals surface area contributed by atoms with Gasteiger partial charge in [0.1, 0.15) is 0 Å². The van der Waals surface area contributed by atoms with Gasteiger partial charge in [-0.05, 0) is 23.6 Å². The zero-order valence-electron chi connectivity index (χ0n) is 13.7. The number of nitrogens with one attached hydrogen (secondary N) is 2. The minimum absolute atomic E-state index is 0.105. The Morgan fingerprint density at radius 3 is 2.33 bits per heavy atom. The van der Waals surface area contributed by atoms with Crippen LogP contribution in [0.25, 0.3) is 0 Å². The summed E-state index contributed by atoms with van der Waals surface area (Å²) >= 11 is 0. The molecular formula is C19H22N2O3. The molecule has 24 heavy (non-hydrogen) atoms. The molecule has 126 valence electrons. The van der Waals surface area contributed by atoms with E-state index in [2.05, 4.69) is 10.6 Å². The topological polar surface area (TPSA) is 78.4 Å². The molecule has 2 rings (SSSR count). The minimum atomic E-state index is -0.768. The van der Waals surface area contributed by atoms with Crippen LogP contribution >= 0.6 is 0 Å². The van der Waals surface area contributed by atoms with Crippen molar-refractivity contribution >= 4 is 11.8 Å². The Hall–Kier alpha value is -2.66. The highest BCUT2D eigenvalue weighted by atomic mass is 16.3. The number of aliphatic hydroxyl groups is 1. The normalized spacial score (nSPS) is 11.6. The van der Waals surface area contributed by atoms with Crippen LogP contribution in [0, 0.1) is 6.92 Å². The van der Waals surface area contributed by atoms with Crippen molar-refractivity contribution in [3.8, 4) is 0 Å². The maximum absolute atomic E-state index is 11.8. The van der Waals surface area contributed by atoms with Gasteiger partial charge in [0.05, 0.1) is 19.1 Å². The highest BCUT2D eigenvalue weighted by Gasteiger charge is 2.12. The molecular weight excluding hydrogens is 304 g/mol. The van der Waals surface area contributed by atoms with Crippen molar-refractivity contribution in [3.63, 3.8) is 0 Å². The second-order valence-corrected chi connectivity index (χ2v) is 5.62. The van der Waals surface area contributed by atoms with Crippen molar-refractivity contribution in [2.45, 2.75) is 19.4 Å². The highest BCUT2D eigenvalue weighted by molar-refractivity contribution is 5.85. The molecule has 0 saturated heterocycles. The molecule has 3 N–H and O–H groups in total. The minimum Gasteiger partial charge on any atom is -0.387 e. The third-order valence-electron chi connectivity index (χ3n) is 3.69. The van der Waals surface area contributed by atoms with E-state index in [0.717, 1.165) is 16.7 Å². The van der Waals surface area contributed by atoms with E-state index in [4.69, 9.17) is 0 Å². The third-order valence-corrected chi connectivity index (χ3v) is 3.69. The van der Waals surface area contributed by atoms with E-state index >= 15 is 0 Å². The van der Waals surface area contributed by atoms with Gasteiger partial charge >= 0.3 is 0 Å². The summed E-state index contributed by atoms with van der Waals surface area (Å²) in [5.74, 6) is -0.542. The Morgan fingerprint density at radius 1 is 0.958 bits per heavy atom. The van der Waals surface area contributed by atoms with E-state index in [1.54, 1.807) is 0 Å². The molecule has 2 aromatic carbocycles. The van der Waals surface area contributed by atoms with Gasteiger partial charge in [0, 0.05) is 6.54 Å². The Balaban J connectivity index is 1.71. The zero-order valence-corrected chi connectivity index (χ0v) is 13.7. The summed E-state index contributed by atoms with van der Waals surface area (Å²) in [5.41, 5.74) is 2.65. The maximum atomic E-state index is 11.8. The van der Waals surface area contributed by atoms with Crippen LogP contribution < -0.4 is 10.6 Å². The number of benzene rings is 2. The Kier molecular flexibility index (Phi) is 6.51. The van der Waals surface area contributed by atoms with Crippen molar-refractivity contribution in [3.05, 3.63) is 71.3 Å². The van der Waals surface area contributed by atoms with Gasteiger partial charge in [-0.15, -0.1) is 0 Å². The van der Waals surface area contributed by atoms with Gasteiger partial charge in [-0.1, -0.05) is 54.6 Å². The molecule has 1 atom stereocenters. The van der Waals surface area contributed by atoms with Crippen LogP contribution in [-0.4, -0.2) is 30.0 Å². The average molecular weight is 326 g/mol. The molecule has 0 heterocycles. The molecule has 0 aliphatic carbocycles. The quantitative estimate of drug-likeness (QED) is 0.721. The monoisotopic (exact) mass is 326 g/mol. The lowest BCUT2D eigenvalue weighted by molar-refractivity contribution is -0.126. The number of hydrogen-bond acceptors (Lipinski definition) is 3. The summed E-state index contributed by atoms with van der Waals surface area (Å²) < 4.78 is 0. The van der Waals surface area contributed by atoms with Gasteiger partial charge in [0.2, 0.25) is 11.8 Å². The molecule has 2 amide bonds. The summed E-state index contributed by atoms with van der Waals surface area (Å²) in [6.45, 7) is 1.91. The predicted octanol–water partition coefficient (Wildman–Crippen LogP) is 1.50. The SMILES string of the molecule is Cc1ccccc1C(O)CNC(=O)CNC(=O)Cc1ccccc1. The largest absolute Gasteiger partial charge is 0.387 e. The summed E-state index contributed by atoms with van der Waals surface area (Å²) in [6.07, 6.45) is -0.532. The van der Waals surface area contributed by atoms with E-state index < -0.39 is 6.10 Å². The van der Waals surface area contributed by atoms with Crippen molar-refractivity contribution in [2.75, 3.05) is 13.1 Å². The molecule has 0 aromatic heterocycles.